The highest BCUT2D eigenvalue weighted by molar-refractivity contribution is 7.92. The number of anilines is 1. The lowest BCUT2D eigenvalue weighted by atomic mass is 10.1. The van der Waals surface area contributed by atoms with Crippen LogP contribution in [0, 0.1) is 0 Å². The maximum atomic E-state index is 12.7. The third-order valence-electron chi connectivity index (χ3n) is 3.97. The third kappa shape index (κ3) is 3.21. The van der Waals surface area contributed by atoms with Gasteiger partial charge in [0.1, 0.15) is 5.75 Å². The number of aryl methyl sites for hydroxylation is 1. The Morgan fingerprint density at radius 1 is 0.958 bits per heavy atom. The van der Waals surface area contributed by atoms with Crippen molar-refractivity contribution in [2.75, 3.05) is 11.8 Å². The Labute approximate surface area is 142 Å². The molecule has 0 bridgehead atoms. The normalized spacial score (nSPS) is 11.4. The fraction of sp³-hybridized carbons (Fsp3) is 0.158. The molecule has 0 aliphatic heterocycles. The van der Waals surface area contributed by atoms with Crippen molar-refractivity contribution in [2.24, 2.45) is 0 Å². The molecule has 0 unspecified atom stereocenters. The van der Waals surface area contributed by atoms with Gasteiger partial charge in [-0.15, -0.1) is 0 Å². The van der Waals surface area contributed by atoms with E-state index in [1.807, 2.05) is 43.3 Å². The highest BCUT2D eigenvalue weighted by Crippen LogP contribution is 2.25. The Bertz CT molecular complexity index is 981. The molecule has 0 aliphatic rings. The molecule has 124 valence electrons. The molecule has 0 aliphatic carbocycles. The predicted octanol–water partition coefficient (Wildman–Crippen LogP) is 4.21. The van der Waals surface area contributed by atoms with Crippen LogP contribution in [0.2, 0.25) is 0 Å². The van der Waals surface area contributed by atoms with E-state index in [1.54, 1.807) is 31.4 Å². The summed E-state index contributed by atoms with van der Waals surface area (Å²) in [5.41, 5.74) is 1.58. The molecule has 0 radical (unpaired) electrons. The number of rotatable bonds is 5. The fourth-order valence-corrected chi connectivity index (χ4v) is 3.76. The van der Waals surface area contributed by atoms with Crippen molar-refractivity contribution < 1.29 is 13.2 Å². The van der Waals surface area contributed by atoms with Gasteiger partial charge in [0.05, 0.1) is 17.7 Å². The molecule has 0 spiro atoms. The van der Waals surface area contributed by atoms with Crippen LogP contribution >= 0.6 is 0 Å². The molecule has 0 saturated heterocycles. The molecule has 4 nitrogen and oxygen atoms in total. The monoisotopic (exact) mass is 341 g/mol. The summed E-state index contributed by atoms with van der Waals surface area (Å²) in [5.74, 6) is 0.744. The van der Waals surface area contributed by atoms with Crippen molar-refractivity contribution in [2.45, 2.75) is 18.2 Å². The molecule has 3 aromatic carbocycles. The van der Waals surface area contributed by atoms with Gasteiger partial charge in [0, 0.05) is 0 Å². The van der Waals surface area contributed by atoms with Crippen LogP contribution in [0.25, 0.3) is 10.8 Å². The van der Waals surface area contributed by atoms with E-state index in [1.165, 1.54) is 0 Å². The number of sulfonamides is 1. The van der Waals surface area contributed by atoms with Crippen LogP contribution in [0.15, 0.2) is 65.6 Å². The molecule has 0 atom stereocenters. The van der Waals surface area contributed by atoms with E-state index in [2.05, 4.69) is 4.72 Å². The van der Waals surface area contributed by atoms with Gasteiger partial charge >= 0.3 is 0 Å². The van der Waals surface area contributed by atoms with Crippen molar-refractivity contribution in [3.8, 4) is 5.75 Å². The van der Waals surface area contributed by atoms with Gasteiger partial charge in [-0.05, 0) is 53.1 Å². The maximum absolute atomic E-state index is 12.7. The van der Waals surface area contributed by atoms with E-state index in [0.717, 1.165) is 28.5 Å². The highest BCUT2D eigenvalue weighted by Gasteiger charge is 2.16. The molecular weight excluding hydrogens is 322 g/mol. The summed E-state index contributed by atoms with van der Waals surface area (Å²) >= 11 is 0. The van der Waals surface area contributed by atoms with E-state index < -0.39 is 10.0 Å². The van der Waals surface area contributed by atoms with Crippen molar-refractivity contribution in [1.29, 1.82) is 0 Å². The quantitative estimate of drug-likeness (QED) is 0.756. The molecule has 3 aromatic rings. The van der Waals surface area contributed by atoms with E-state index in [-0.39, 0.29) is 4.90 Å². The molecule has 3 rings (SSSR count). The molecule has 0 amide bonds. The number of nitrogens with one attached hydrogen (secondary N) is 1. The van der Waals surface area contributed by atoms with Crippen LogP contribution in [-0.2, 0) is 16.4 Å². The summed E-state index contributed by atoms with van der Waals surface area (Å²) in [6, 6.07) is 18.1. The van der Waals surface area contributed by atoms with Crippen LogP contribution in [0.1, 0.15) is 12.5 Å². The van der Waals surface area contributed by atoms with Gasteiger partial charge in [0.2, 0.25) is 0 Å². The summed E-state index contributed by atoms with van der Waals surface area (Å²) in [5, 5.41) is 1.78. The van der Waals surface area contributed by atoms with E-state index >= 15 is 0 Å². The maximum Gasteiger partial charge on any atom is 0.261 e. The fourth-order valence-electron chi connectivity index (χ4n) is 2.63. The van der Waals surface area contributed by atoms with Gasteiger partial charge in [-0.25, -0.2) is 8.42 Å². The molecular formula is C19H19NO3S. The average molecular weight is 341 g/mol. The molecule has 1 N–H and O–H groups in total. The molecule has 5 heteroatoms. The van der Waals surface area contributed by atoms with Gasteiger partial charge in [-0.1, -0.05) is 37.3 Å². The van der Waals surface area contributed by atoms with Crippen molar-refractivity contribution in [3.05, 3.63) is 66.2 Å². The SMILES string of the molecule is CCc1ccccc1NS(=O)(=O)c1ccc2cc(OC)ccc2c1. The predicted molar refractivity (Wildman–Crippen MR) is 97.1 cm³/mol. The second kappa shape index (κ2) is 6.53. The Kier molecular flexibility index (Phi) is 4.44. The second-order valence-electron chi connectivity index (χ2n) is 5.49. The number of benzene rings is 3. The lowest BCUT2D eigenvalue weighted by Gasteiger charge is -2.12. The van der Waals surface area contributed by atoms with E-state index in [4.69, 9.17) is 4.74 Å². The summed E-state index contributed by atoms with van der Waals surface area (Å²) in [7, 11) is -2.03. The van der Waals surface area contributed by atoms with Gasteiger partial charge < -0.3 is 4.74 Å². The van der Waals surface area contributed by atoms with Crippen molar-refractivity contribution in [1.82, 2.24) is 0 Å². The molecule has 0 heterocycles. The van der Waals surface area contributed by atoms with Crippen LogP contribution < -0.4 is 9.46 Å². The minimum Gasteiger partial charge on any atom is -0.497 e. The van der Waals surface area contributed by atoms with Crippen LogP contribution in [-0.4, -0.2) is 15.5 Å². The first-order valence-corrected chi connectivity index (χ1v) is 9.20. The summed E-state index contributed by atoms with van der Waals surface area (Å²) < 4.78 is 33.3. The minimum atomic E-state index is -3.63. The Morgan fingerprint density at radius 2 is 1.67 bits per heavy atom. The van der Waals surface area contributed by atoms with E-state index in [9.17, 15) is 8.42 Å². The number of hydrogen-bond donors (Lipinski definition) is 1. The number of ether oxygens (including phenoxy) is 1. The number of para-hydroxylation sites is 1. The van der Waals surface area contributed by atoms with Gasteiger partial charge in [0.25, 0.3) is 10.0 Å². The molecule has 24 heavy (non-hydrogen) atoms. The molecule has 0 saturated carbocycles. The molecule has 0 aromatic heterocycles. The first kappa shape index (κ1) is 16.3. The third-order valence-corrected chi connectivity index (χ3v) is 5.33. The zero-order chi connectivity index (χ0) is 17.2. The number of fused-ring (bicyclic) bond motifs is 1. The van der Waals surface area contributed by atoms with Gasteiger partial charge in [-0.3, -0.25) is 4.72 Å². The zero-order valence-electron chi connectivity index (χ0n) is 13.6. The topological polar surface area (TPSA) is 55.4 Å². The van der Waals surface area contributed by atoms with Gasteiger partial charge in [-0.2, -0.15) is 0 Å². The van der Waals surface area contributed by atoms with Crippen LogP contribution in [0.5, 0.6) is 5.75 Å². The number of hydrogen-bond acceptors (Lipinski definition) is 3. The van der Waals surface area contributed by atoms with Crippen LogP contribution in [0.3, 0.4) is 0 Å². The lowest BCUT2D eigenvalue weighted by Crippen LogP contribution is -2.14. The van der Waals surface area contributed by atoms with E-state index in [0.29, 0.717) is 5.69 Å². The Balaban J connectivity index is 1.99. The number of methoxy groups -OCH3 is 1. The summed E-state index contributed by atoms with van der Waals surface area (Å²) in [4.78, 5) is 0.242. The largest absolute Gasteiger partial charge is 0.497 e. The van der Waals surface area contributed by atoms with Crippen LogP contribution in [0.4, 0.5) is 5.69 Å². The standard InChI is InChI=1S/C19H19NO3S/c1-3-14-6-4-5-7-19(14)20-24(21,22)18-11-9-15-12-17(23-2)10-8-16(15)13-18/h4-13,20H,3H2,1-2H3. The summed E-state index contributed by atoms with van der Waals surface area (Å²) in [6.07, 6.45) is 0.760. The first-order chi connectivity index (χ1) is 11.5. The minimum absolute atomic E-state index is 0.242. The first-order valence-electron chi connectivity index (χ1n) is 7.72. The zero-order valence-corrected chi connectivity index (χ0v) is 14.4. The van der Waals surface area contributed by atoms with Gasteiger partial charge in [0.15, 0.2) is 0 Å². The lowest BCUT2D eigenvalue weighted by molar-refractivity contribution is 0.415. The Morgan fingerprint density at radius 3 is 2.42 bits per heavy atom. The Hall–Kier alpha value is -2.53. The average Bonchev–Trinajstić information content (AvgIpc) is 2.61. The van der Waals surface area contributed by atoms with Crippen molar-refractivity contribution in [3.63, 3.8) is 0 Å². The van der Waals surface area contributed by atoms with Crippen molar-refractivity contribution >= 4 is 26.5 Å². The highest BCUT2D eigenvalue weighted by atomic mass is 32.2. The second-order valence-corrected chi connectivity index (χ2v) is 7.17. The summed E-state index contributed by atoms with van der Waals surface area (Å²) in [6.45, 7) is 2.00. The smallest absolute Gasteiger partial charge is 0.261 e. The molecule has 0 fully saturated rings.